The van der Waals surface area contributed by atoms with Crippen molar-refractivity contribution in [3.8, 4) is 5.75 Å². The summed E-state index contributed by atoms with van der Waals surface area (Å²) >= 11 is 6.39. The van der Waals surface area contributed by atoms with E-state index in [9.17, 15) is 14.4 Å². The molecule has 3 aromatic rings. The van der Waals surface area contributed by atoms with Crippen molar-refractivity contribution < 1.29 is 14.3 Å². The van der Waals surface area contributed by atoms with Crippen molar-refractivity contribution >= 4 is 56.4 Å². The second kappa shape index (κ2) is 8.53. The maximum absolute atomic E-state index is 12.9. The molecule has 3 heterocycles. The van der Waals surface area contributed by atoms with Crippen molar-refractivity contribution in [1.29, 1.82) is 0 Å². The Hall–Kier alpha value is -2.36. The molecule has 9 heteroatoms. The number of Topliss-reactive ketones (excluding diaryl/α,β-unsaturated/α-hetero) is 1. The number of fused-ring (bicyclic) bond motifs is 5. The van der Waals surface area contributed by atoms with Crippen LogP contribution in [0, 0.1) is 5.92 Å². The van der Waals surface area contributed by atoms with Gasteiger partial charge in [-0.15, -0.1) is 11.8 Å². The fourth-order valence-electron chi connectivity index (χ4n) is 4.15. The van der Waals surface area contributed by atoms with Crippen LogP contribution in [0.25, 0.3) is 0 Å². The van der Waals surface area contributed by atoms with Gasteiger partial charge in [0.15, 0.2) is 5.78 Å². The molecule has 1 N–H and O–H groups in total. The maximum atomic E-state index is 12.9. The Morgan fingerprint density at radius 1 is 1.22 bits per heavy atom. The van der Waals surface area contributed by atoms with Crippen LogP contribution in [0.1, 0.15) is 33.6 Å². The largest absolute Gasteiger partial charge is 0.493 e. The summed E-state index contributed by atoms with van der Waals surface area (Å²) in [4.78, 5) is 37.9. The zero-order valence-corrected chi connectivity index (χ0v) is 20.3. The summed E-state index contributed by atoms with van der Waals surface area (Å²) in [6.45, 7) is 2.07. The minimum absolute atomic E-state index is 0.0311. The standard InChI is InChI=1S/C23H19BrN2O4S2/c1-12(27)13-2-5-16(6-3-13)25-19(28)9-26-22-21(32-23(26)29)20-14(11-31-22)10-30-18-7-4-15(24)8-17(18)20/h2-8,14,20H,9-11H2,1H3,(H,25,28)/t14-,20-/m1/s1. The Bertz CT molecular complexity index is 1280. The van der Waals surface area contributed by atoms with Gasteiger partial charge in [0.25, 0.3) is 0 Å². The van der Waals surface area contributed by atoms with Gasteiger partial charge in [0.2, 0.25) is 5.91 Å². The normalized spacial score (nSPS) is 18.7. The van der Waals surface area contributed by atoms with Gasteiger partial charge >= 0.3 is 4.87 Å². The average molecular weight is 531 g/mol. The minimum Gasteiger partial charge on any atom is -0.493 e. The van der Waals surface area contributed by atoms with E-state index in [1.165, 1.54) is 18.3 Å². The van der Waals surface area contributed by atoms with E-state index in [1.807, 2.05) is 12.1 Å². The van der Waals surface area contributed by atoms with Crippen LogP contribution in [0.2, 0.25) is 0 Å². The lowest BCUT2D eigenvalue weighted by Gasteiger charge is -2.36. The lowest BCUT2D eigenvalue weighted by molar-refractivity contribution is -0.116. The number of thioether (sulfide) groups is 1. The van der Waals surface area contributed by atoms with Crippen molar-refractivity contribution in [1.82, 2.24) is 4.57 Å². The van der Waals surface area contributed by atoms with E-state index in [4.69, 9.17) is 4.74 Å². The molecular weight excluding hydrogens is 512 g/mol. The molecule has 2 aliphatic heterocycles. The van der Waals surface area contributed by atoms with Crippen LogP contribution in [0.15, 0.2) is 56.8 Å². The monoisotopic (exact) mass is 530 g/mol. The fraction of sp³-hybridized carbons (Fsp3) is 0.261. The van der Waals surface area contributed by atoms with Crippen LogP contribution < -0.4 is 14.9 Å². The van der Waals surface area contributed by atoms with E-state index in [0.29, 0.717) is 17.9 Å². The topological polar surface area (TPSA) is 77.4 Å². The predicted molar refractivity (Wildman–Crippen MR) is 129 cm³/mol. The van der Waals surface area contributed by atoms with Gasteiger partial charge in [0.1, 0.15) is 12.3 Å². The third-order valence-electron chi connectivity index (χ3n) is 5.70. The highest BCUT2D eigenvalue weighted by molar-refractivity contribution is 9.10. The third-order valence-corrected chi connectivity index (χ3v) is 8.69. The molecular formula is C23H19BrN2O4S2. The second-order valence-corrected chi connectivity index (χ2v) is 10.8. The number of ether oxygens (including phenoxy) is 1. The van der Waals surface area contributed by atoms with Crippen molar-refractivity contribution in [2.75, 3.05) is 17.7 Å². The zero-order valence-electron chi connectivity index (χ0n) is 17.1. The van der Waals surface area contributed by atoms with E-state index in [1.54, 1.807) is 40.6 Å². The molecule has 0 aliphatic carbocycles. The van der Waals surface area contributed by atoms with Gasteiger partial charge < -0.3 is 10.1 Å². The molecule has 5 rings (SSSR count). The van der Waals surface area contributed by atoms with Gasteiger partial charge in [-0.25, -0.2) is 0 Å². The minimum atomic E-state index is -0.277. The van der Waals surface area contributed by atoms with E-state index in [-0.39, 0.29) is 34.9 Å². The Morgan fingerprint density at radius 3 is 2.75 bits per heavy atom. The number of nitrogens with one attached hydrogen (secondary N) is 1. The molecule has 0 fully saturated rings. The molecule has 2 atom stereocenters. The molecule has 0 unspecified atom stereocenters. The van der Waals surface area contributed by atoms with Gasteiger partial charge in [-0.3, -0.25) is 19.0 Å². The van der Waals surface area contributed by atoms with E-state index >= 15 is 0 Å². The van der Waals surface area contributed by atoms with Gasteiger partial charge in [-0.05, 0) is 49.4 Å². The quantitative estimate of drug-likeness (QED) is 0.492. The number of ketones is 1. The number of hydrogen-bond donors (Lipinski definition) is 1. The summed E-state index contributed by atoms with van der Waals surface area (Å²) < 4.78 is 8.51. The molecule has 0 saturated carbocycles. The van der Waals surface area contributed by atoms with Crippen molar-refractivity contribution in [2.45, 2.75) is 24.4 Å². The number of halogens is 1. The molecule has 1 amide bonds. The van der Waals surface area contributed by atoms with Gasteiger partial charge in [-0.1, -0.05) is 27.3 Å². The number of nitrogens with zero attached hydrogens (tertiary/aromatic N) is 1. The number of carbonyl (C=O) groups is 2. The lowest BCUT2D eigenvalue weighted by atomic mass is 9.84. The van der Waals surface area contributed by atoms with Crippen LogP contribution in [0.3, 0.4) is 0 Å². The van der Waals surface area contributed by atoms with Crippen LogP contribution >= 0.6 is 39.0 Å². The maximum Gasteiger partial charge on any atom is 0.308 e. The highest BCUT2D eigenvalue weighted by Gasteiger charge is 2.40. The summed E-state index contributed by atoms with van der Waals surface area (Å²) in [6.07, 6.45) is 0. The smallest absolute Gasteiger partial charge is 0.308 e. The Labute approximate surface area is 201 Å². The van der Waals surface area contributed by atoms with Gasteiger partial charge in [0.05, 0.1) is 11.6 Å². The summed E-state index contributed by atoms with van der Waals surface area (Å²) in [5, 5.41) is 3.69. The molecule has 2 aliphatic rings. The molecule has 0 radical (unpaired) electrons. The highest BCUT2D eigenvalue weighted by atomic mass is 79.9. The summed E-state index contributed by atoms with van der Waals surface area (Å²) in [7, 11) is 0. The molecule has 1 aromatic heterocycles. The first-order valence-corrected chi connectivity index (χ1v) is 12.7. The Kier molecular flexibility index (Phi) is 5.73. The lowest BCUT2D eigenvalue weighted by Crippen LogP contribution is -2.31. The fourth-order valence-corrected chi connectivity index (χ4v) is 7.22. The zero-order chi connectivity index (χ0) is 22.4. The van der Waals surface area contributed by atoms with Crippen LogP contribution in [-0.2, 0) is 11.3 Å². The molecule has 0 saturated heterocycles. The van der Waals surface area contributed by atoms with E-state index in [2.05, 4.69) is 27.3 Å². The molecule has 0 bridgehead atoms. The number of carbonyl (C=O) groups excluding carboxylic acids is 2. The van der Waals surface area contributed by atoms with Gasteiger partial charge in [0, 0.05) is 43.8 Å². The van der Waals surface area contributed by atoms with Crippen LogP contribution in [0.4, 0.5) is 5.69 Å². The molecule has 32 heavy (non-hydrogen) atoms. The molecule has 6 nitrogen and oxygen atoms in total. The van der Waals surface area contributed by atoms with E-state index < -0.39 is 0 Å². The first kappa shape index (κ1) is 21.5. The number of anilines is 1. The number of amides is 1. The summed E-state index contributed by atoms with van der Waals surface area (Å²) in [6, 6.07) is 12.7. The van der Waals surface area contributed by atoms with Crippen molar-refractivity contribution in [3.05, 3.63) is 72.6 Å². The van der Waals surface area contributed by atoms with Crippen molar-refractivity contribution in [2.24, 2.45) is 5.92 Å². The number of thiazole rings is 1. The van der Waals surface area contributed by atoms with Crippen LogP contribution in [0.5, 0.6) is 5.75 Å². The summed E-state index contributed by atoms with van der Waals surface area (Å²) in [5.74, 6) is 1.75. The first-order valence-electron chi connectivity index (χ1n) is 10.1. The number of rotatable bonds is 4. The highest BCUT2D eigenvalue weighted by Crippen LogP contribution is 2.51. The first-order chi connectivity index (χ1) is 15.4. The summed E-state index contributed by atoms with van der Waals surface area (Å²) in [5.41, 5.74) is 2.26. The number of hydrogen-bond acceptors (Lipinski definition) is 6. The Balaban J connectivity index is 1.41. The number of aromatic nitrogens is 1. The van der Waals surface area contributed by atoms with Gasteiger partial charge in [-0.2, -0.15) is 0 Å². The molecule has 164 valence electrons. The van der Waals surface area contributed by atoms with Crippen molar-refractivity contribution in [3.63, 3.8) is 0 Å². The molecule has 0 spiro atoms. The Morgan fingerprint density at radius 2 is 2.00 bits per heavy atom. The van der Waals surface area contributed by atoms with E-state index in [0.717, 1.165) is 31.4 Å². The average Bonchev–Trinajstić information content (AvgIpc) is 3.08. The predicted octanol–water partition coefficient (Wildman–Crippen LogP) is 4.76. The second-order valence-electron chi connectivity index (χ2n) is 7.85. The third kappa shape index (κ3) is 3.93. The van der Waals surface area contributed by atoms with Crippen LogP contribution in [-0.4, -0.2) is 28.6 Å². The SMILES string of the molecule is CC(=O)c1ccc(NC(=O)Cn2c3c(sc2=O)[C@H]2c4cc(Br)ccc4OC[C@@H]2CS3)cc1. The number of benzene rings is 2. The molecule has 2 aromatic carbocycles.